The second-order valence-corrected chi connectivity index (χ2v) is 6.41. The molecule has 1 atom stereocenters. The minimum atomic E-state index is 0. The van der Waals surface area contributed by atoms with Gasteiger partial charge in [0.1, 0.15) is 0 Å². The highest BCUT2D eigenvalue weighted by molar-refractivity contribution is 5.85. The van der Waals surface area contributed by atoms with E-state index in [1.54, 1.807) is 0 Å². The molecule has 2 aromatic carbocycles. The fourth-order valence-corrected chi connectivity index (χ4v) is 3.60. The van der Waals surface area contributed by atoms with Gasteiger partial charge in [0.25, 0.3) is 0 Å². The van der Waals surface area contributed by atoms with E-state index in [0.717, 1.165) is 30.7 Å². The zero-order valence-electron chi connectivity index (χ0n) is 13.8. The third-order valence-electron chi connectivity index (χ3n) is 4.56. The molecule has 0 saturated heterocycles. The number of para-hydroxylation sites is 2. The molecule has 0 radical (unpaired) electrons. The van der Waals surface area contributed by atoms with Crippen molar-refractivity contribution in [1.82, 2.24) is 4.98 Å². The summed E-state index contributed by atoms with van der Waals surface area (Å²) in [4.78, 5) is 7.05. The molecule has 4 heteroatoms. The van der Waals surface area contributed by atoms with Gasteiger partial charge in [-0.05, 0) is 42.7 Å². The van der Waals surface area contributed by atoms with Crippen molar-refractivity contribution in [3.05, 3.63) is 71.4 Å². The van der Waals surface area contributed by atoms with Crippen LogP contribution in [0.15, 0.2) is 54.6 Å². The summed E-state index contributed by atoms with van der Waals surface area (Å²) in [5.74, 6) is 0. The first-order chi connectivity index (χ1) is 11.2. The van der Waals surface area contributed by atoms with Crippen LogP contribution in [-0.4, -0.2) is 17.6 Å². The van der Waals surface area contributed by atoms with E-state index in [2.05, 4.69) is 65.3 Å². The van der Waals surface area contributed by atoms with Crippen LogP contribution in [0, 0.1) is 6.92 Å². The summed E-state index contributed by atoms with van der Waals surface area (Å²) in [7, 11) is 0. The van der Waals surface area contributed by atoms with Gasteiger partial charge in [0.2, 0.25) is 0 Å². The number of halogens is 1. The normalized spacial score (nSPS) is 16.6. The quantitative estimate of drug-likeness (QED) is 0.771. The second-order valence-electron chi connectivity index (χ2n) is 6.41. The Hall–Kier alpha value is -2.10. The van der Waals surface area contributed by atoms with E-state index in [0.29, 0.717) is 0 Å². The van der Waals surface area contributed by atoms with Gasteiger partial charge in [0.05, 0.1) is 5.52 Å². The van der Waals surface area contributed by atoms with E-state index in [4.69, 9.17) is 5.73 Å². The lowest BCUT2D eigenvalue weighted by Crippen LogP contribution is -2.42. The number of aryl methyl sites for hydroxylation is 1. The topological polar surface area (TPSA) is 42.1 Å². The minimum Gasteiger partial charge on any atom is -0.365 e. The van der Waals surface area contributed by atoms with Gasteiger partial charge in [0.15, 0.2) is 0 Å². The van der Waals surface area contributed by atoms with Gasteiger partial charge in [-0.15, -0.1) is 12.4 Å². The molecule has 2 N–H and O–H groups in total. The Morgan fingerprint density at radius 3 is 2.75 bits per heavy atom. The summed E-state index contributed by atoms with van der Waals surface area (Å²) < 4.78 is 0. The molecule has 0 aliphatic carbocycles. The highest BCUT2D eigenvalue weighted by Crippen LogP contribution is 2.29. The van der Waals surface area contributed by atoms with Gasteiger partial charge in [-0.2, -0.15) is 0 Å². The molecule has 0 saturated carbocycles. The van der Waals surface area contributed by atoms with E-state index in [1.807, 2.05) is 6.07 Å². The Morgan fingerprint density at radius 1 is 1.12 bits per heavy atom. The monoisotopic (exact) mass is 339 g/mol. The number of anilines is 1. The first-order valence-corrected chi connectivity index (χ1v) is 8.14. The van der Waals surface area contributed by atoms with Crippen LogP contribution in [-0.2, 0) is 13.0 Å². The van der Waals surface area contributed by atoms with Crippen molar-refractivity contribution in [3.63, 3.8) is 0 Å². The number of aromatic nitrogens is 1. The largest absolute Gasteiger partial charge is 0.365 e. The number of rotatable bonds is 2. The first kappa shape index (κ1) is 16.7. The van der Waals surface area contributed by atoms with Crippen molar-refractivity contribution in [1.29, 1.82) is 0 Å². The molecule has 3 aromatic rings. The molecule has 0 bridgehead atoms. The smallest absolute Gasteiger partial charge is 0.0708 e. The number of hydrogen-bond donors (Lipinski definition) is 1. The van der Waals surface area contributed by atoms with E-state index in [-0.39, 0.29) is 18.4 Å². The summed E-state index contributed by atoms with van der Waals surface area (Å²) in [6.45, 7) is 3.83. The van der Waals surface area contributed by atoms with Crippen LogP contribution >= 0.6 is 12.4 Å². The third-order valence-corrected chi connectivity index (χ3v) is 4.56. The number of hydrogen-bond acceptors (Lipinski definition) is 3. The number of benzene rings is 2. The first-order valence-electron chi connectivity index (χ1n) is 8.14. The lowest BCUT2D eigenvalue weighted by Gasteiger charge is -2.35. The Kier molecular flexibility index (Phi) is 4.74. The summed E-state index contributed by atoms with van der Waals surface area (Å²) in [6.07, 6.45) is 0.961. The molecular weight excluding hydrogens is 318 g/mol. The third kappa shape index (κ3) is 3.10. The lowest BCUT2D eigenvalue weighted by atomic mass is 9.97. The maximum atomic E-state index is 6.28. The highest BCUT2D eigenvalue weighted by Gasteiger charge is 2.22. The van der Waals surface area contributed by atoms with E-state index < -0.39 is 0 Å². The minimum absolute atomic E-state index is 0. The molecule has 0 spiro atoms. The summed E-state index contributed by atoms with van der Waals surface area (Å²) in [6, 6.07) is 19.4. The molecular formula is C20H22ClN3. The zero-order chi connectivity index (χ0) is 15.8. The van der Waals surface area contributed by atoms with Crippen molar-refractivity contribution in [2.75, 3.05) is 11.4 Å². The van der Waals surface area contributed by atoms with Gasteiger partial charge in [-0.3, -0.25) is 4.98 Å². The van der Waals surface area contributed by atoms with Gasteiger partial charge >= 0.3 is 0 Å². The van der Waals surface area contributed by atoms with Crippen LogP contribution in [0.1, 0.15) is 16.8 Å². The maximum absolute atomic E-state index is 6.28. The molecule has 4 rings (SSSR count). The number of pyridine rings is 1. The summed E-state index contributed by atoms with van der Waals surface area (Å²) in [5.41, 5.74) is 12.4. The van der Waals surface area contributed by atoms with Crippen molar-refractivity contribution >= 4 is 29.0 Å². The molecule has 3 nitrogen and oxygen atoms in total. The molecule has 124 valence electrons. The van der Waals surface area contributed by atoms with Crippen molar-refractivity contribution in [2.45, 2.75) is 25.9 Å². The van der Waals surface area contributed by atoms with Gasteiger partial charge in [-0.25, -0.2) is 0 Å². The molecule has 1 unspecified atom stereocenters. The highest BCUT2D eigenvalue weighted by atomic mass is 35.5. The standard InChI is InChI=1S/C20H21N3.ClH/c1-14-10-16(18-7-3-4-8-19(18)22-14)12-23-13-17(21)11-15-6-2-5-9-20(15)23;/h2-10,17H,11-13,21H2,1H3;1H. The fourth-order valence-electron chi connectivity index (χ4n) is 3.60. The molecule has 1 aromatic heterocycles. The summed E-state index contributed by atoms with van der Waals surface area (Å²) >= 11 is 0. The molecule has 1 aliphatic rings. The van der Waals surface area contributed by atoms with Crippen LogP contribution in [0.2, 0.25) is 0 Å². The molecule has 2 heterocycles. The Labute approximate surface area is 148 Å². The Morgan fingerprint density at radius 2 is 1.88 bits per heavy atom. The van der Waals surface area contributed by atoms with Crippen molar-refractivity contribution < 1.29 is 0 Å². The van der Waals surface area contributed by atoms with Crippen LogP contribution in [0.5, 0.6) is 0 Å². The van der Waals surface area contributed by atoms with Gasteiger partial charge in [-0.1, -0.05) is 36.4 Å². The number of nitrogens with two attached hydrogens (primary N) is 1. The molecule has 0 fully saturated rings. The van der Waals surface area contributed by atoms with Crippen molar-refractivity contribution in [3.8, 4) is 0 Å². The Balaban J connectivity index is 0.00000169. The van der Waals surface area contributed by atoms with Gasteiger partial charge < -0.3 is 10.6 Å². The van der Waals surface area contributed by atoms with Crippen LogP contribution in [0.3, 0.4) is 0 Å². The van der Waals surface area contributed by atoms with E-state index >= 15 is 0 Å². The van der Waals surface area contributed by atoms with E-state index in [1.165, 1.54) is 22.2 Å². The van der Waals surface area contributed by atoms with Crippen LogP contribution < -0.4 is 10.6 Å². The predicted molar refractivity (Wildman–Crippen MR) is 103 cm³/mol. The average molecular weight is 340 g/mol. The number of fused-ring (bicyclic) bond motifs is 2. The SMILES string of the molecule is Cc1cc(CN2CC(N)Cc3ccccc32)c2ccccc2n1.Cl. The van der Waals surface area contributed by atoms with Crippen LogP contribution in [0.25, 0.3) is 10.9 Å². The van der Waals surface area contributed by atoms with Gasteiger partial charge in [0, 0.05) is 35.9 Å². The molecule has 1 aliphatic heterocycles. The zero-order valence-corrected chi connectivity index (χ0v) is 14.6. The molecule has 24 heavy (non-hydrogen) atoms. The summed E-state index contributed by atoms with van der Waals surface area (Å²) in [5, 5.41) is 1.23. The second kappa shape index (κ2) is 6.80. The molecule has 0 amide bonds. The van der Waals surface area contributed by atoms with Crippen molar-refractivity contribution in [2.24, 2.45) is 5.73 Å². The fraction of sp³-hybridized carbons (Fsp3) is 0.250. The van der Waals surface area contributed by atoms with Crippen LogP contribution in [0.4, 0.5) is 5.69 Å². The lowest BCUT2D eigenvalue weighted by molar-refractivity contribution is 0.599. The maximum Gasteiger partial charge on any atom is 0.0708 e. The average Bonchev–Trinajstić information content (AvgIpc) is 2.54. The predicted octanol–water partition coefficient (Wildman–Crippen LogP) is 3.86. The Bertz CT molecular complexity index is 862. The van der Waals surface area contributed by atoms with E-state index in [9.17, 15) is 0 Å². The number of nitrogens with zero attached hydrogens (tertiary/aromatic N) is 2.